The molecule has 0 bridgehead atoms. The van der Waals surface area contributed by atoms with Crippen molar-refractivity contribution in [2.75, 3.05) is 0 Å². The second-order valence-electron chi connectivity index (χ2n) is 16.9. The van der Waals surface area contributed by atoms with Crippen molar-refractivity contribution >= 4 is 44.9 Å². The first-order chi connectivity index (χ1) is 35.0. The fourth-order valence-electron chi connectivity index (χ4n) is 8.41. The normalized spacial score (nSPS) is 13.4. The van der Waals surface area contributed by atoms with Crippen LogP contribution in [0.5, 0.6) is 0 Å². The lowest BCUT2D eigenvalue weighted by Crippen LogP contribution is -2.75. The van der Waals surface area contributed by atoms with Crippen molar-refractivity contribution in [3.8, 4) is 0 Å². The zero-order chi connectivity index (χ0) is 57.9. The predicted molar refractivity (Wildman–Crippen MR) is 227 cm³/mol. The third kappa shape index (κ3) is 13.2. The van der Waals surface area contributed by atoms with E-state index in [1.165, 1.54) is 0 Å². The van der Waals surface area contributed by atoms with E-state index in [4.69, 9.17) is 0 Å². The molecule has 0 aliphatic heterocycles. The maximum Gasteiger partial charge on any atom is 0.416 e. The fraction of sp³-hybridized carbons (Fsp3) is 0.184. The Kier molecular flexibility index (Phi) is 15.4. The molecule has 6 aromatic carbocycles. The highest BCUT2D eigenvalue weighted by atomic mass is 19.4. The van der Waals surface area contributed by atoms with Crippen molar-refractivity contribution in [3.05, 3.63) is 195 Å². The van der Waals surface area contributed by atoms with Crippen LogP contribution in [0.25, 0.3) is 10.9 Å². The second-order valence-corrected chi connectivity index (χ2v) is 16.9. The molecular weight excluding hydrogens is 1100 g/mol. The minimum atomic E-state index is -6.13. The van der Waals surface area contributed by atoms with Gasteiger partial charge in [0.05, 0.1) is 44.5 Å². The molecule has 0 saturated carbocycles. The van der Waals surface area contributed by atoms with E-state index in [-0.39, 0.29) is 0 Å². The molecule has 0 radical (unpaired) electrons. The lowest BCUT2D eigenvalue weighted by molar-refractivity contribution is -0.662. The fourth-order valence-corrected chi connectivity index (χ4v) is 8.41. The predicted octanol–water partition coefficient (Wildman–Crippen LogP) is 14.1. The van der Waals surface area contributed by atoms with Gasteiger partial charge in [0.2, 0.25) is 5.52 Å². The summed E-state index contributed by atoms with van der Waals surface area (Å²) in [7, 11) is 0. The van der Waals surface area contributed by atoms with Crippen LogP contribution in [0.4, 0.5) is 105 Å². The Morgan fingerprint density at radius 2 is 0.623 bits per heavy atom. The molecule has 7 rings (SSSR count). The van der Waals surface area contributed by atoms with Crippen LogP contribution in [-0.4, -0.2) is 17.2 Å². The van der Waals surface area contributed by atoms with E-state index in [1.807, 2.05) is 59.2 Å². The van der Waals surface area contributed by atoms with Crippen molar-refractivity contribution in [2.24, 2.45) is 0 Å². The molecule has 7 aromatic rings. The number of aromatic carboxylic acids is 1. The number of carbonyl (C=O) groups is 1. The van der Waals surface area contributed by atoms with Gasteiger partial charge in [0.25, 0.3) is 0 Å². The highest BCUT2D eigenvalue weighted by Gasteiger charge is 2.47. The van der Waals surface area contributed by atoms with E-state index in [2.05, 4.69) is 0 Å². The third-order valence-corrected chi connectivity index (χ3v) is 11.7. The lowest BCUT2D eigenvalue weighted by atomic mass is 9.12. The lowest BCUT2D eigenvalue weighted by Gasteiger charge is -2.46. The largest absolute Gasteiger partial charge is 0.477 e. The first-order valence-corrected chi connectivity index (χ1v) is 21.1. The first kappa shape index (κ1) is 58.8. The van der Waals surface area contributed by atoms with Gasteiger partial charge in [-0.15, -0.1) is 0 Å². The number of fused-ring (bicyclic) bond motifs is 1. The number of hydrogen-bond donors (Lipinski definition) is 1. The maximum absolute atomic E-state index is 14.2. The summed E-state index contributed by atoms with van der Waals surface area (Å²) in [5.41, 5.74) is -27.7. The zero-order valence-corrected chi connectivity index (χ0v) is 37.4. The minimum Gasteiger partial charge on any atom is -0.477 e. The number of aromatic nitrogens is 1. The van der Waals surface area contributed by atoms with E-state index in [0.717, 1.165) is 16.5 Å². The van der Waals surface area contributed by atoms with Crippen molar-refractivity contribution in [2.45, 2.75) is 56.0 Å². The van der Waals surface area contributed by atoms with E-state index in [1.54, 1.807) is 12.3 Å². The standard InChI is InChI=1S/C32H12BF24.C17H13NO2/c34-25(35,36)13-1-14(26(37,38)39)6-21(5-13)33(22-7-15(27(40,41)42)2-16(8-22)28(43,44)45,23-9-17(29(46,47)48)3-18(10-23)30(49,50)51)24-11-19(31(52,53)54)4-20(12-24)32(55,56)57;19-17(20)15-10-14-8-4-5-9-16(14)18(12-15)11-13-6-2-1-3-7-13/h1-12H;1-10,12H,11H2/q-1;/p+1. The van der Waals surface area contributed by atoms with Crippen molar-refractivity contribution in [1.29, 1.82) is 0 Å². The van der Waals surface area contributed by atoms with Gasteiger partial charge in [-0.2, -0.15) is 132 Å². The second kappa shape index (κ2) is 20.2. The average molecular weight is 1130 g/mol. The number of carboxylic acids is 1. The Bertz CT molecular complexity index is 2870. The monoisotopic (exact) mass is 1130 g/mol. The summed E-state index contributed by atoms with van der Waals surface area (Å²) in [6, 6.07) is 10.7. The molecule has 0 spiro atoms. The van der Waals surface area contributed by atoms with E-state index in [9.17, 15) is 115 Å². The number of pyridine rings is 1. The van der Waals surface area contributed by atoms with E-state index in [0.29, 0.717) is 12.1 Å². The number of benzene rings is 6. The molecule has 0 amide bonds. The quantitative estimate of drug-likeness (QED) is 0.0982. The summed E-state index contributed by atoms with van der Waals surface area (Å²) >= 11 is 0. The minimum absolute atomic E-state index is 0.305. The topological polar surface area (TPSA) is 41.2 Å². The Balaban J connectivity index is 0.000000397. The Labute approximate surface area is 415 Å². The smallest absolute Gasteiger partial charge is 0.416 e. The number of halogens is 24. The SMILES string of the molecule is FC(F)(F)c1cc([B-](c2cc(C(F)(F)F)cc(C(F)(F)F)c2)(c2cc(C(F)(F)F)cc(C(F)(F)F)c2)c2cc(C(F)(F)F)cc(C(F)(F)F)c2)cc(C(F)(F)F)c1.O=C(O)c1cc2ccccc2[n+](Cc2ccccc2)c1. The molecule has 1 N–H and O–H groups in total. The molecule has 3 nitrogen and oxygen atoms in total. The first-order valence-electron chi connectivity index (χ1n) is 21.1. The molecule has 1 heterocycles. The van der Waals surface area contributed by atoms with Gasteiger partial charge in [0.1, 0.15) is 11.7 Å². The van der Waals surface area contributed by atoms with Gasteiger partial charge in [-0.3, -0.25) is 0 Å². The van der Waals surface area contributed by atoms with Crippen molar-refractivity contribution in [3.63, 3.8) is 0 Å². The van der Waals surface area contributed by atoms with Gasteiger partial charge in [0.15, 0.2) is 12.7 Å². The molecule has 0 saturated heterocycles. The number of hydrogen-bond acceptors (Lipinski definition) is 1. The van der Waals surface area contributed by atoms with Crippen LogP contribution < -0.4 is 26.4 Å². The number of nitrogens with zero attached hydrogens (tertiary/aromatic N) is 1. The van der Waals surface area contributed by atoms with Crippen molar-refractivity contribution in [1.82, 2.24) is 0 Å². The van der Waals surface area contributed by atoms with Gasteiger partial charge in [-0.1, -0.05) is 91.0 Å². The van der Waals surface area contributed by atoms with Crippen LogP contribution in [0.15, 0.2) is 140 Å². The summed E-state index contributed by atoms with van der Waals surface area (Å²) in [4.78, 5) is 11.2. The molecular formula is C49H26BF24NO2. The number of para-hydroxylation sites is 1. The summed E-state index contributed by atoms with van der Waals surface area (Å²) in [6.45, 7) is 0.655. The van der Waals surface area contributed by atoms with Crippen molar-refractivity contribution < 1.29 is 120 Å². The van der Waals surface area contributed by atoms with Gasteiger partial charge in [0, 0.05) is 17.0 Å². The number of rotatable bonds is 7. The van der Waals surface area contributed by atoms with Crippen LogP contribution >= 0.6 is 0 Å². The molecule has 77 heavy (non-hydrogen) atoms. The maximum atomic E-state index is 14.2. The molecule has 0 atom stereocenters. The van der Waals surface area contributed by atoms with Crippen LogP contribution in [-0.2, 0) is 56.0 Å². The molecule has 0 aliphatic rings. The zero-order valence-electron chi connectivity index (χ0n) is 37.4. The molecule has 410 valence electrons. The van der Waals surface area contributed by atoms with Crippen LogP contribution in [0.3, 0.4) is 0 Å². The third-order valence-electron chi connectivity index (χ3n) is 11.7. The summed E-state index contributed by atoms with van der Waals surface area (Å²) in [5, 5.41) is 10.2. The van der Waals surface area contributed by atoms with Crippen LogP contribution in [0, 0.1) is 0 Å². The van der Waals surface area contributed by atoms with E-state index < -0.39 is 201 Å². The Morgan fingerprint density at radius 3 is 0.883 bits per heavy atom. The highest BCUT2D eigenvalue weighted by Crippen LogP contribution is 2.41. The average Bonchev–Trinajstić information content (AvgIpc) is 3.30. The van der Waals surface area contributed by atoms with E-state index >= 15 is 0 Å². The number of carboxylic acid groups (broad SMARTS) is 1. The Morgan fingerprint density at radius 1 is 0.364 bits per heavy atom. The van der Waals surface area contributed by atoms with Crippen LogP contribution in [0.2, 0.25) is 0 Å². The number of alkyl halides is 24. The molecule has 0 unspecified atom stereocenters. The summed E-state index contributed by atoms with van der Waals surface area (Å²) in [6.07, 6.45) is -53.1. The molecule has 28 heteroatoms. The van der Waals surface area contributed by atoms with Gasteiger partial charge >= 0.3 is 55.4 Å². The summed E-state index contributed by atoms with van der Waals surface area (Å²) < 4.78 is 343. The van der Waals surface area contributed by atoms with Gasteiger partial charge in [-0.05, 0) is 36.4 Å². The molecule has 0 fully saturated rings. The molecule has 0 aliphatic carbocycles. The highest BCUT2D eigenvalue weighted by molar-refractivity contribution is 7.20. The van der Waals surface area contributed by atoms with Gasteiger partial charge in [-0.25, -0.2) is 4.79 Å². The Hall–Kier alpha value is -7.42. The molecule has 1 aromatic heterocycles. The van der Waals surface area contributed by atoms with Gasteiger partial charge < -0.3 is 5.11 Å². The summed E-state index contributed by atoms with van der Waals surface area (Å²) in [5.74, 6) is -0.905. The van der Waals surface area contributed by atoms with Crippen LogP contribution in [0.1, 0.15) is 60.4 Å².